The summed E-state index contributed by atoms with van der Waals surface area (Å²) in [4.78, 5) is 0. The molecule has 1 aliphatic carbocycles. The first kappa shape index (κ1) is 14.9. The molecule has 1 aliphatic heterocycles. The highest BCUT2D eigenvalue weighted by atomic mass is 19.1. The smallest absolute Gasteiger partial charge is 0.399 e. The Balaban J connectivity index is 1.97. The molecule has 0 spiro atoms. The van der Waals surface area contributed by atoms with E-state index in [1.807, 2.05) is 27.7 Å². The van der Waals surface area contributed by atoms with Crippen molar-refractivity contribution in [2.75, 3.05) is 0 Å². The normalized spacial score (nSPS) is 25.2. The van der Waals surface area contributed by atoms with E-state index in [9.17, 15) is 13.9 Å². The summed E-state index contributed by atoms with van der Waals surface area (Å²) in [5.74, 6) is -1.49. The Labute approximate surface area is 123 Å². The van der Waals surface area contributed by atoms with Gasteiger partial charge < -0.3 is 14.4 Å². The molecule has 2 fully saturated rings. The minimum Gasteiger partial charge on any atom is -0.399 e. The maximum atomic E-state index is 14.3. The molecule has 21 heavy (non-hydrogen) atoms. The van der Waals surface area contributed by atoms with Crippen LogP contribution in [0.2, 0.25) is 0 Å². The quantitative estimate of drug-likeness (QED) is 0.851. The van der Waals surface area contributed by atoms with Gasteiger partial charge in [-0.2, -0.15) is 0 Å². The Bertz CT molecular complexity index is 558. The lowest BCUT2D eigenvalue weighted by Crippen LogP contribution is -2.41. The van der Waals surface area contributed by atoms with E-state index in [2.05, 4.69) is 0 Å². The molecule has 3 nitrogen and oxygen atoms in total. The van der Waals surface area contributed by atoms with Crippen LogP contribution in [0.1, 0.15) is 46.1 Å². The molecular weight excluding hydrogens is 277 g/mol. The van der Waals surface area contributed by atoms with Gasteiger partial charge in [0.1, 0.15) is 11.6 Å². The van der Waals surface area contributed by atoms with Crippen molar-refractivity contribution in [3.63, 3.8) is 0 Å². The van der Waals surface area contributed by atoms with Crippen LogP contribution in [0.15, 0.2) is 12.1 Å². The van der Waals surface area contributed by atoms with Gasteiger partial charge in [0.05, 0.1) is 22.3 Å². The van der Waals surface area contributed by atoms with Crippen LogP contribution in [0.4, 0.5) is 8.78 Å². The lowest BCUT2D eigenvalue weighted by atomic mass is 9.77. The van der Waals surface area contributed by atoms with Crippen molar-refractivity contribution in [2.24, 2.45) is 0 Å². The highest BCUT2D eigenvalue weighted by molar-refractivity contribution is 6.62. The summed E-state index contributed by atoms with van der Waals surface area (Å²) in [7, 11) is -1.09. The van der Waals surface area contributed by atoms with Crippen LogP contribution in [-0.2, 0) is 14.9 Å². The van der Waals surface area contributed by atoms with Gasteiger partial charge in [0.25, 0.3) is 0 Å². The maximum absolute atomic E-state index is 14.3. The SMILES string of the molecule is CC1(C)OB(c2c(F)cc(C3(O)CC3)cc2F)OC1(C)C. The third-order valence-electron chi connectivity index (χ3n) is 4.83. The van der Waals surface area contributed by atoms with Gasteiger partial charge in [-0.05, 0) is 58.2 Å². The fourth-order valence-corrected chi connectivity index (χ4v) is 2.45. The average Bonchev–Trinajstić information content (AvgIpc) is 3.01. The second-order valence-corrected chi connectivity index (χ2v) is 6.97. The highest BCUT2D eigenvalue weighted by Gasteiger charge is 2.53. The Morgan fingerprint density at radius 3 is 1.81 bits per heavy atom. The predicted octanol–water partition coefficient (Wildman–Crippen LogP) is 2.25. The Kier molecular flexibility index (Phi) is 3.04. The Morgan fingerprint density at radius 1 is 1.00 bits per heavy atom. The van der Waals surface area contributed by atoms with E-state index in [4.69, 9.17) is 9.31 Å². The second kappa shape index (κ2) is 4.27. The number of rotatable bonds is 2. The van der Waals surface area contributed by atoms with Crippen LogP contribution in [0.25, 0.3) is 0 Å². The number of aliphatic hydroxyl groups is 1. The van der Waals surface area contributed by atoms with Crippen molar-refractivity contribution in [1.29, 1.82) is 0 Å². The molecule has 0 radical (unpaired) electrons. The third-order valence-corrected chi connectivity index (χ3v) is 4.83. The number of halogens is 2. The fourth-order valence-electron chi connectivity index (χ4n) is 2.45. The molecule has 1 aromatic rings. The molecule has 0 bridgehead atoms. The zero-order chi connectivity index (χ0) is 15.6. The number of hydrogen-bond donors (Lipinski definition) is 1. The molecule has 0 unspecified atom stereocenters. The standard InChI is InChI=1S/C15H19BF2O3/c1-13(2)14(3,4)21-16(20-13)12-10(17)7-9(8-11(12)18)15(19)5-6-15/h7-8,19H,5-6H2,1-4H3. The summed E-state index contributed by atoms with van der Waals surface area (Å²) < 4.78 is 40.0. The molecule has 0 amide bonds. The second-order valence-electron chi connectivity index (χ2n) is 6.97. The van der Waals surface area contributed by atoms with E-state index in [0.29, 0.717) is 12.8 Å². The summed E-state index contributed by atoms with van der Waals surface area (Å²) in [6.07, 6.45) is 1.06. The van der Waals surface area contributed by atoms with Crippen molar-refractivity contribution >= 4 is 12.6 Å². The topological polar surface area (TPSA) is 38.7 Å². The van der Waals surface area contributed by atoms with E-state index in [-0.39, 0.29) is 11.0 Å². The molecule has 114 valence electrons. The van der Waals surface area contributed by atoms with Crippen molar-refractivity contribution in [3.05, 3.63) is 29.3 Å². The molecule has 1 saturated carbocycles. The lowest BCUT2D eigenvalue weighted by Gasteiger charge is -2.32. The Hall–Kier alpha value is -0.975. The van der Waals surface area contributed by atoms with Crippen LogP contribution in [0.5, 0.6) is 0 Å². The minimum absolute atomic E-state index is 0.235. The zero-order valence-electron chi connectivity index (χ0n) is 12.7. The van der Waals surface area contributed by atoms with Gasteiger partial charge in [-0.3, -0.25) is 0 Å². The van der Waals surface area contributed by atoms with Crippen molar-refractivity contribution in [2.45, 2.75) is 57.3 Å². The zero-order valence-corrected chi connectivity index (χ0v) is 12.7. The third kappa shape index (κ3) is 2.29. The first-order chi connectivity index (χ1) is 9.56. The number of hydrogen-bond acceptors (Lipinski definition) is 3. The molecule has 1 heterocycles. The van der Waals surface area contributed by atoms with Gasteiger partial charge in [-0.15, -0.1) is 0 Å². The van der Waals surface area contributed by atoms with Crippen LogP contribution in [0.3, 0.4) is 0 Å². The minimum atomic E-state index is -1.09. The van der Waals surface area contributed by atoms with Crippen LogP contribution in [-0.4, -0.2) is 23.4 Å². The molecular formula is C15H19BF2O3. The van der Waals surface area contributed by atoms with Crippen molar-refractivity contribution in [1.82, 2.24) is 0 Å². The molecule has 2 aliphatic rings. The maximum Gasteiger partial charge on any atom is 0.500 e. The average molecular weight is 296 g/mol. The number of benzene rings is 1. The van der Waals surface area contributed by atoms with Gasteiger partial charge in [-0.1, -0.05) is 0 Å². The van der Waals surface area contributed by atoms with Gasteiger partial charge in [-0.25, -0.2) is 8.78 Å². The van der Waals surface area contributed by atoms with Crippen LogP contribution < -0.4 is 5.46 Å². The van der Waals surface area contributed by atoms with Crippen molar-refractivity contribution < 1.29 is 23.2 Å². The van der Waals surface area contributed by atoms with Gasteiger partial charge >= 0.3 is 7.12 Å². The predicted molar refractivity (Wildman–Crippen MR) is 75.2 cm³/mol. The first-order valence-corrected chi connectivity index (χ1v) is 7.13. The van der Waals surface area contributed by atoms with E-state index in [1.165, 1.54) is 12.1 Å². The molecule has 3 rings (SSSR count). The molecule has 1 aromatic carbocycles. The highest BCUT2D eigenvalue weighted by Crippen LogP contribution is 2.45. The van der Waals surface area contributed by atoms with Crippen LogP contribution in [0, 0.1) is 11.6 Å². The molecule has 1 saturated heterocycles. The summed E-state index contributed by atoms with van der Waals surface area (Å²) in [6.45, 7) is 7.29. The van der Waals surface area contributed by atoms with Gasteiger partial charge in [0.15, 0.2) is 0 Å². The summed E-state index contributed by atoms with van der Waals surface area (Å²) in [5, 5.41) is 9.98. The van der Waals surface area contributed by atoms with E-state index in [0.717, 1.165) is 0 Å². The Morgan fingerprint density at radius 2 is 1.43 bits per heavy atom. The molecule has 0 atom stereocenters. The van der Waals surface area contributed by atoms with E-state index < -0.39 is 35.6 Å². The fraction of sp³-hybridized carbons (Fsp3) is 0.600. The van der Waals surface area contributed by atoms with E-state index >= 15 is 0 Å². The molecule has 6 heteroatoms. The molecule has 1 N–H and O–H groups in total. The monoisotopic (exact) mass is 296 g/mol. The summed E-state index contributed by atoms with van der Waals surface area (Å²) in [5.41, 5.74) is -2.36. The van der Waals surface area contributed by atoms with Crippen molar-refractivity contribution in [3.8, 4) is 0 Å². The molecule has 0 aromatic heterocycles. The summed E-state index contributed by atoms with van der Waals surface area (Å²) >= 11 is 0. The van der Waals surface area contributed by atoms with Crippen LogP contribution >= 0.6 is 0 Å². The largest absolute Gasteiger partial charge is 0.500 e. The summed E-state index contributed by atoms with van der Waals surface area (Å²) in [6, 6.07) is 2.35. The first-order valence-electron chi connectivity index (χ1n) is 7.13. The van der Waals surface area contributed by atoms with E-state index in [1.54, 1.807) is 0 Å². The van der Waals surface area contributed by atoms with Gasteiger partial charge in [0.2, 0.25) is 0 Å². The lowest BCUT2D eigenvalue weighted by molar-refractivity contribution is 0.00578. The van der Waals surface area contributed by atoms with Gasteiger partial charge in [0, 0.05) is 0 Å².